The second-order valence-electron chi connectivity index (χ2n) is 6.11. The number of carbonyl (C=O) groups excluding carboxylic acids is 2. The molecule has 140 valence electrons. The number of ether oxygens (including phenoxy) is 2. The third-order valence-electron chi connectivity index (χ3n) is 4.09. The van der Waals surface area contributed by atoms with E-state index in [1.807, 2.05) is 60.7 Å². The van der Waals surface area contributed by atoms with Crippen molar-refractivity contribution in [3.8, 4) is 5.75 Å². The van der Waals surface area contributed by atoms with Crippen molar-refractivity contribution in [3.05, 3.63) is 66.2 Å². The minimum absolute atomic E-state index is 0.207. The maximum atomic E-state index is 12.2. The lowest BCUT2D eigenvalue weighted by Crippen LogP contribution is -2.28. The summed E-state index contributed by atoms with van der Waals surface area (Å²) in [5.41, 5.74) is 1.87. The van der Waals surface area contributed by atoms with Crippen molar-refractivity contribution in [2.24, 2.45) is 5.10 Å². The fourth-order valence-electron chi connectivity index (χ4n) is 2.68. The molecule has 1 amide bonds. The van der Waals surface area contributed by atoms with Crippen molar-refractivity contribution in [1.29, 1.82) is 0 Å². The van der Waals surface area contributed by atoms with Gasteiger partial charge in [0.05, 0.1) is 18.9 Å². The maximum Gasteiger partial charge on any atom is 0.306 e. The second kappa shape index (κ2) is 9.52. The molecule has 1 heterocycles. The van der Waals surface area contributed by atoms with E-state index >= 15 is 0 Å². The van der Waals surface area contributed by atoms with Gasteiger partial charge in [-0.05, 0) is 24.1 Å². The van der Waals surface area contributed by atoms with E-state index in [0.29, 0.717) is 26.0 Å². The molecular formula is C21H22N2O4. The van der Waals surface area contributed by atoms with Gasteiger partial charge in [0.1, 0.15) is 5.75 Å². The fourth-order valence-corrected chi connectivity index (χ4v) is 2.68. The molecule has 0 saturated heterocycles. The standard InChI is InChI=1S/C21H22N2O4/c24-20(23-14-13-19(22-23)17-8-3-1-4-9-17)16-27-21(25)12-7-15-26-18-10-5-2-6-11-18/h1-6,8-11H,7,12-16H2. The first kappa shape index (κ1) is 18.6. The smallest absolute Gasteiger partial charge is 0.306 e. The van der Waals surface area contributed by atoms with Gasteiger partial charge in [-0.1, -0.05) is 48.5 Å². The van der Waals surface area contributed by atoms with Crippen molar-refractivity contribution in [2.75, 3.05) is 19.8 Å². The number of esters is 1. The number of hydrazone groups is 1. The van der Waals surface area contributed by atoms with Crippen LogP contribution in [0.2, 0.25) is 0 Å². The predicted molar refractivity (Wildman–Crippen MR) is 101 cm³/mol. The van der Waals surface area contributed by atoms with Gasteiger partial charge in [-0.15, -0.1) is 0 Å². The zero-order valence-corrected chi connectivity index (χ0v) is 15.0. The van der Waals surface area contributed by atoms with Crippen LogP contribution in [0.5, 0.6) is 5.75 Å². The summed E-state index contributed by atoms with van der Waals surface area (Å²) in [5.74, 6) is 0.0449. The first-order chi connectivity index (χ1) is 13.2. The molecule has 2 aromatic carbocycles. The lowest BCUT2D eigenvalue weighted by Gasteiger charge is -2.11. The van der Waals surface area contributed by atoms with Crippen LogP contribution < -0.4 is 4.74 Å². The number of hydrogen-bond donors (Lipinski definition) is 0. The van der Waals surface area contributed by atoms with Crippen molar-refractivity contribution in [3.63, 3.8) is 0 Å². The molecule has 2 aromatic rings. The van der Waals surface area contributed by atoms with E-state index in [2.05, 4.69) is 5.10 Å². The quantitative estimate of drug-likeness (QED) is 0.532. The summed E-state index contributed by atoms with van der Waals surface area (Å²) < 4.78 is 10.6. The van der Waals surface area contributed by atoms with Gasteiger partial charge in [0.25, 0.3) is 5.91 Å². The highest BCUT2D eigenvalue weighted by atomic mass is 16.5. The Hall–Kier alpha value is -3.15. The maximum absolute atomic E-state index is 12.2. The Kier molecular flexibility index (Phi) is 6.57. The van der Waals surface area contributed by atoms with Crippen LogP contribution in [0, 0.1) is 0 Å². The number of amides is 1. The number of hydrogen-bond acceptors (Lipinski definition) is 5. The van der Waals surface area contributed by atoms with Crippen molar-refractivity contribution < 1.29 is 19.1 Å². The summed E-state index contributed by atoms with van der Waals surface area (Å²) in [7, 11) is 0. The molecule has 0 spiro atoms. The van der Waals surface area contributed by atoms with E-state index in [1.54, 1.807) is 0 Å². The second-order valence-corrected chi connectivity index (χ2v) is 6.11. The largest absolute Gasteiger partial charge is 0.494 e. The van der Waals surface area contributed by atoms with Gasteiger partial charge >= 0.3 is 5.97 Å². The van der Waals surface area contributed by atoms with Crippen LogP contribution >= 0.6 is 0 Å². The summed E-state index contributed by atoms with van der Waals surface area (Å²) >= 11 is 0. The van der Waals surface area contributed by atoms with E-state index in [-0.39, 0.29) is 18.9 Å². The molecule has 3 rings (SSSR count). The molecule has 0 aromatic heterocycles. The zero-order valence-electron chi connectivity index (χ0n) is 15.0. The topological polar surface area (TPSA) is 68.2 Å². The molecule has 1 aliphatic heterocycles. The summed E-state index contributed by atoms with van der Waals surface area (Å²) in [5, 5.41) is 5.70. The van der Waals surface area contributed by atoms with Crippen LogP contribution in [0.1, 0.15) is 24.8 Å². The third kappa shape index (κ3) is 5.67. The van der Waals surface area contributed by atoms with E-state index in [0.717, 1.165) is 17.0 Å². The third-order valence-corrected chi connectivity index (χ3v) is 4.09. The van der Waals surface area contributed by atoms with Crippen molar-refractivity contribution in [1.82, 2.24) is 5.01 Å². The molecule has 27 heavy (non-hydrogen) atoms. The molecular weight excluding hydrogens is 344 g/mol. The zero-order chi connectivity index (χ0) is 18.9. The van der Waals surface area contributed by atoms with Crippen LogP contribution in [0.4, 0.5) is 0 Å². The molecule has 0 unspecified atom stereocenters. The van der Waals surface area contributed by atoms with E-state index in [4.69, 9.17) is 9.47 Å². The van der Waals surface area contributed by atoms with Gasteiger partial charge in [-0.2, -0.15) is 5.10 Å². The molecule has 0 radical (unpaired) electrons. The Morgan fingerprint density at radius 1 is 1.00 bits per heavy atom. The number of carbonyl (C=O) groups is 2. The lowest BCUT2D eigenvalue weighted by molar-refractivity contribution is -0.152. The summed E-state index contributed by atoms with van der Waals surface area (Å²) in [6.45, 7) is 0.638. The van der Waals surface area contributed by atoms with Gasteiger partial charge in [0.2, 0.25) is 0 Å². The molecule has 0 bridgehead atoms. The highest BCUT2D eigenvalue weighted by molar-refractivity contribution is 6.02. The Bertz CT molecular complexity index is 790. The fraction of sp³-hybridized carbons (Fsp3) is 0.286. The highest BCUT2D eigenvalue weighted by Crippen LogP contribution is 2.14. The minimum atomic E-state index is -0.411. The summed E-state index contributed by atoms with van der Waals surface area (Å²) in [4.78, 5) is 23.9. The normalized spacial score (nSPS) is 13.2. The Labute approximate surface area is 158 Å². The predicted octanol–water partition coefficient (Wildman–Crippen LogP) is 3.03. The Balaban J connectivity index is 1.35. The molecule has 6 heteroatoms. The molecule has 0 saturated carbocycles. The molecule has 0 aliphatic carbocycles. The van der Waals surface area contributed by atoms with Crippen LogP contribution in [-0.4, -0.2) is 42.4 Å². The van der Waals surface area contributed by atoms with Crippen LogP contribution in [0.25, 0.3) is 0 Å². The molecule has 6 nitrogen and oxygen atoms in total. The van der Waals surface area contributed by atoms with E-state index < -0.39 is 5.97 Å². The van der Waals surface area contributed by atoms with Gasteiger partial charge in [-0.3, -0.25) is 9.59 Å². The molecule has 0 atom stereocenters. The van der Waals surface area contributed by atoms with E-state index in [1.165, 1.54) is 5.01 Å². The van der Waals surface area contributed by atoms with Crippen LogP contribution in [0.3, 0.4) is 0 Å². The SMILES string of the molecule is O=C(CCCOc1ccccc1)OCC(=O)N1CCC(c2ccccc2)=N1. The van der Waals surface area contributed by atoms with Gasteiger partial charge < -0.3 is 9.47 Å². The molecule has 0 N–H and O–H groups in total. The Morgan fingerprint density at radius 3 is 2.44 bits per heavy atom. The average molecular weight is 366 g/mol. The summed E-state index contributed by atoms with van der Waals surface area (Å²) in [6.07, 6.45) is 1.43. The van der Waals surface area contributed by atoms with Crippen molar-refractivity contribution in [2.45, 2.75) is 19.3 Å². The lowest BCUT2D eigenvalue weighted by atomic mass is 10.1. The number of benzene rings is 2. The molecule has 0 fully saturated rings. The number of para-hydroxylation sites is 1. The average Bonchev–Trinajstić information content (AvgIpc) is 3.21. The molecule has 1 aliphatic rings. The van der Waals surface area contributed by atoms with Crippen LogP contribution in [0.15, 0.2) is 65.8 Å². The Morgan fingerprint density at radius 2 is 1.70 bits per heavy atom. The van der Waals surface area contributed by atoms with Crippen LogP contribution in [-0.2, 0) is 14.3 Å². The highest BCUT2D eigenvalue weighted by Gasteiger charge is 2.22. The monoisotopic (exact) mass is 366 g/mol. The van der Waals surface area contributed by atoms with Crippen molar-refractivity contribution >= 4 is 17.6 Å². The van der Waals surface area contributed by atoms with Gasteiger partial charge in [0.15, 0.2) is 6.61 Å². The first-order valence-electron chi connectivity index (χ1n) is 8.99. The minimum Gasteiger partial charge on any atom is -0.494 e. The summed E-state index contributed by atoms with van der Waals surface area (Å²) in [6, 6.07) is 19.1. The van der Waals surface area contributed by atoms with Gasteiger partial charge in [0, 0.05) is 12.8 Å². The number of nitrogens with zero attached hydrogens (tertiary/aromatic N) is 2. The van der Waals surface area contributed by atoms with Gasteiger partial charge in [-0.25, -0.2) is 5.01 Å². The first-order valence-corrected chi connectivity index (χ1v) is 8.99. The number of rotatable bonds is 8. The van der Waals surface area contributed by atoms with E-state index in [9.17, 15) is 9.59 Å².